The summed E-state index contributed by atoms with van der Waals surface area (Å²) < 4.78 is 19.3. The maximum Gasteiger partial charge on any atom is 0.366 e. The van der Waals surface area contributed by atoms with Crippen LogP contribution in [0.1, 0.15) is 12.5 Å². The second kappa shape index (κ2) is 5.64. The van der Waals surface area contributed by atoms with Crippen molar-refractivity contribution in [3.05, 3.63) is 57.9 Å². The Morgan fingerprint density at radius 2 is 2.09 bits per heavy atom. The predicted octanol–water partition coefficient (Wildman–Crippen LogP) is 2.44. The minimum absolute atomic E-state index is 0.0190. The van der Waals surface area contributed by atoms with Crippen LogP contribution in [0.5, 0.6) is 5.75 Å². The summed E-state index contributed by atoms with van der Waals surface area (Å²) in [5.74, 6) is -1.04. The molecule has 2 aromatic rings. The molecule has 0 radical (unpaired) electrons. The monoisotopic (exact) mass is 317 g/mol. The molecule has 23 heavy (non-hydrogen) atoms. The van der Waals surface area contributed by atoms with Crippen molar-refractivity contribution in [2.45, 2.75) is 19.6 Å². The molecule has 0 saturated heterocycles. The second-order valence-corrected chi connectivity index (χ2v) is 5.02. The minimum Gasteiger partial charge on any atom is -0.475 e. The van der Waals surface area contributed by atoms with E-state index in [1.807, 2.05) is 0 Å². The number of pyridine rings is 1. The summed E-state index contributed by atoms with van der Waals surface area (Å²) in [7, 11) is 0. The first-order valence-electron chi connectivity index (χ1n) is 6.84. The lowest BCUT2D eigenvalue weighted by atomic mass is 10.1. The van der Waals surface area contributed by atoms with Gasteiger partial charge in [-0.05, 0) is 29.0 Å². The number of benzene rings is 1. The Morgan fingerprint density at radius 3 is 2.78 bits per heavy atom. The molecule has 1 aromatic carbocycles. The first-order chi connectivity index (χ1) is 11.0. The van der Waals surface area contributed by atoms with Crippen LogP contribution in [0.15, 0.2) is 36.4 Å². The number of ether oxygens (including phenoxy) is 1. The van der Waals surface area contributed by atoms with Crippen molar-refractivity contribution >= 4 is 17.5 Å². The maximum atomic E-state index is 13.9. The van der Waals surface area contributed by atoms with Crippen LogP contribution in [0.2, 0.25) is 0 Å². The Bertz CT molecular complexity index is 796. The van der Waals surface area contributed by atoms with Crippen molar-refractivity contribution in [1.29, 1.82) is 0 Å². The topological polar surface area (TPSA) is 85.6 Å². The van der Waals surface area contributed by atoms with Crippen molar-refractivity contribution in [1.82, 2.24) is 4.98 Å². The van der Waals surface area contributed by atoms with Gasteiger partial charge in [0.25, 0.3) is 11.7 Å². The molecule has 0 bridgehead atoms. The largest absolute Gasteiger partial charge is 0.475 e. The van der Waals surface area contributed by atoms with E-state index in [1.54, 1.807) is 25.1 Å². The van der Waals surface area contributed by atoms with Crippen LogP contribution >= 0.6 is 0 Å². The van der Waals surface area contributed by atoms with Crippen molar-refractivity contribution in [2.24, 2.45) is 0 Å². The third-order valence-electron chi connectivity index (χ3n) is 3.47. The van der Waals surface area contributed by atoms with E-state index in [0.29, 0.717) is 0 Å². The van der Waals surface area contributed by atoms with Crippen LogP contribution < -0.4 is 9.64 Å². The summed E-state index contributed by atoms with van der Waals surface area (Å²) in [5.41, 5.74) is 0.286. The average Bonchev–Trinajstić information content (AvgIpc) is 2.53. The van der Waals surface area contributed by atoms with Crippen LogP contribution in [0.4, 0.5) is 16.0 Å². The van der Waals surface area contributed by atoms with Gasteiger partial charge in [-0.2, -0.15) is 0 Å². The van der Waals surface area contributed by atoms with Gasteiger partial charge in [0.05, 0.1) is 6.54 Å². The van der Waals surface area contributed by atoms with Crippen LogP contribution in [-0.4, -0.2) is 21.9 Å². The molecule has 7 nitrogen and oxygen atoms in total. The molecule has 1 aliphatic heterocycles. The fourth-order valence-electron chi connectivity index (χ4n) is 2.33. The van der Waals surface area contributed by atoms with E-state index in [4.69, 9.17) is 4.74 Å². The highest BCUT2D eigenvalue weighted by atomic mass is 19.1. The number of anilines is 1. The molecular weight excluding hydrogens is 305 g/mol. The Kier molecular flexibility index (Phi) is 3.65. The van der Waals surface area contributed by atoms with Crippen LogP contribution in [0, 0.1) is 15.9 Å². The first kappa shape index (κ1) is 14.9. The number of amides is 1. The maximum absolute atomic E-state index is 13.9. The molecule has 1 atom stereocenters. The lowest BCUT2D eigenvalue weighted by Crippen LogP contribution is -2.44. The summed E-state index contributed by atoms with van der Waals surface area (Å²) in [6, 6.07) is 8.60. The highest BCUT2D eigenvalue weighted by Crippen LogP contribution is 2.35. The predicted molar refractivity (Wildman–Crippen MR) is 78.6 cm³/mol. The molecule has 118 valence electrons. The molecule has 0 spiro atoms. The number of carbonyl (C=O) groups is 1. The van der Waals surface area contributed by atoms with Crippen LogP contribution in [-0.2, 0) is 11.3 Å². The Morgan fingerprint density at radius 1 is 1.35 bits per heavy atom. The normalized spacial score (nSPS) is 16.7. The zero-order valence-corrected chi connectivity index (χ0v) is 12.1. The molecule has 0 saturated carbocycles. The zero-order valence-electron chi connectivity index (χ0n) is 12.1. The van der Waals surface area contributed by atoms with E-state index in [2.05, 4.69) is 4.98 Å². The fourth-order valence-corrected chi connectivity index (χ4v) is 2.33. The summed E-state index contributed by atoms with van der Waals surface area (Å²) in [4.78, 5) is 27.6. The number of fused-ring (bicyclic) bond motifs is 1. The van der Waals surface area contributed by atoms with E-state index in [1.165, 1.54) is 23.1 Å². The highest BCUT2D eigenvalue weighted by Gasteiger charge is 2.37. The van der Waals surface area contributed by atoms with Crippen LogP contribution in [0.25, 0.3) is 0 Å². The smallest absolute Gasteiger partial charge is 0.366 e. The zero-order chi connectivity index (χ0) is 16.6. The summed E-state index contributed by atoms with van der Waals surface area (Å²) >= 11 is 0. The third-order valence-corrected chi connectivity index (χ3v) is 3.47. The SMILES string of the molecule is CC1Oc2ccc([N+](=O)[O-])nc2N(Cc2ccccc2F)C1=O. The summed E-state index contributed by atoms with van der Waals surface area (Å²) in [6.45, 7) is 1.47. The van der Waals surface area contributed by atoms with Crippen LogP contribution in [0.3, 0.4) is 0 Å². The fraction of sp³-hybridized carbons (Fsp3) is 0.200. The molecule has 0 aliphatic carbocycles. The van der Waals surface area contributed by atoms with Gasteiger partial charge < -0.3 is 14.9 Å². The molecule has 3 rings (SSSR count). The molecule has 2 heterocycles. The van der Waals surface area contributed by atoms with Gasteiger partial charge in [0.15, 0.2) is 11.9 Å². The highest BCUT2D eigenvalue weighted by molar-refractivity contribution is 5.98. The molecule has 1 aliphatic rings. The van der Waals surface area contributed by atoms with Gasteiger partial charge in [-0.15, -0.1) is 0 Å². The van der Waals surface area contributed by atoms with Crippen molar-refractivity contribution in [3.8, 4) is 5.75 Å². The minimum atomic E-state index is -0.780. The summed E-state index contributed by atoms with van der Waals surface area (Å²) in [5, 5.41) is 10.9. The Balaban J connectivity index is 2.05. The van der Waals surface area contributed by atoms with Crippen molar-refractivity contribution < 1.29 is 18.8 Å². The number of carbonyl (C=O) groups excluding carboxylic acids is 1. The van der Waals surface area contributed by atoms with E-state index in [9.17, 15) is 19.3 Å². The molecule has 1 unspecified atom stereocenters. The van der Waals surface area contributed by atoms with Gasteiger partial charge in [0, 0.05) is 11.6 Å². The Labute approximate surface area is 130 Å². The molecule has 0 fully saturated rings. The van der Waals surface area contributed by atoms with E-state index < -0.39 is 28.6 Å². The number of aromatic nitrogens is 1. The average molecular weight is 317 g/mol. The van der Waals surface area contributed by atoms with Gasteiger partial charge >= 0.3 is 5.82 Å². The summed E-state index contributed by atoms with van der Waals surface area (Å²) in [6.07, 6.45) is -0.780. The number of nitro groups is 1. The lowest BCUT2D eigenvalue weighted by Gasteiger charge is -2.29. The van der Waals surface area contributed by atoms with E-state index in [-0.39, 0.29) is 23.7 Å². The quantitative estimate of drug-likeness (QED) is 0.641. The van der Waals surface area contributed by atoms with Crippen molar-refractivity contribution in [2.75, 3.05) is 4.90 Å². The number of nitrogens with zero attached hydrogens (tertiary/aromatic N) is 3. The molecule has 1 aromatic heterocycles. The molecule has 0 N–H and O–H groups in total. The molecule has 8 heteroatoms. The molecular formula is C15H12FN3O4. The lowest BCUT2D eigenvalue weighted by molar-refractivity contribution is -0.389. The van der Waals surface area contributed by atoms with Gasteiger partial charge in [-0.1, -0.05) is 18.2 Å². The third kappa shape index (κ3) is 2.70. The Hall–Kier alpha value is -3.03. The van der Waals surface area contributed by atoms with E-state index in [0.717, 1.165) is 0 Å². The molecule has 1 amide bonds. The van der Waals surface area contributed by atoms with Gasteiger partial charge in [-0.25, -0.2) is 4.39 Å². The number of halogens is 1. The van der Waals surface area contributed by atoms with Gasteiger partial charge in [-0.3, -0.25) is 9.69 Å². The number of hydrogen-bond donors (Lipinski definition) is 0. The first-order valence-corrected chi connectivity index (χ1v) is 6.84. The van der Waals surface area contributed by atoms with Gasteiger partial charge in [0.2, 0.25) is 0 Å². The van der Waals surface area contributed by atoms with Crippen molar-refractivity contribution in [3.63, 3.8) is 0 Å². The van der Waals surface area contributed by atoms with Gasteiger partial charge in [0.1, 0.15) is 5.82 Å². The standard InChI is InChI=1S/C15H12FN3O4/c1-9-15(20)18(8-10-4-2-3-5-11(10)16)14-12(23-9)6-7-13(17-14)19(21)22/h2-7,9H,8H2,1H3. The van der Waals surface area contributed by atoms with E-state index >= 15 is 0 Å². The number of hydrogen-bond acceptors (Lipinski definition) is 5. The second-order valence-electron chi connectivity index (χ2n) is 5.02. The number of rotatable bonds is 3.